The van der Waals surface area contributed by atoms with Crippen molar-refractivity contribution in [3.63, 3.8) is 0 Å². The van der Waals surface area contributed by atoms with Crippen molar-refractivity contribution in [2.24, 2.45) is 11.1 Å². The average molecular weight is 277 g/mol. The molecule has 1 aromatic carbocycles. The quantitative estimate of drug-likeness (QED) is 0.871. The predicted octanol–water partition coefficient (Wildman–Crippen LogP) is 2.29. The fourth-order valence-corrected chi connectivity index (χ4v) is 2.45. The van der Waals surface area contributed by atoms with Crippen LogP contribution in [0.15, 0.2) is 24.3 Å². The lowest BCUT2D eigenvalue weighted by Crippen LogP contribution is -2.54. The topological polar surface area (TPSA) is 67.6 Å². The molecule has 2 amide bonds. The first-order valence-electron chi connectivity index (χ1n) is 6.88. The highest BCUT2D eigenvalue weighted by Gasteiger charge is 2.35. The van der Waals surface area contributed by atoms with E-state index in [1.807, 2.05) is 23.1 Å². The molecular weight excluding hydrogens is 254 g/mol. The van der Waals surface area contributed by atoms with Crippen LogP contribution in [0.1, 0.15) is 20.3 Å². The molecule has 110 valence electrons. The Morgan fingerprint density at radius 1 is 1.50 bits per heavy atom. The number of hydrogen-bond acceptors (Lipinski definition) is 3. The number of nitrogens with one attached hydrogen (secondary N) is 1. The van der Waals surface area contributed by atoms with Gasteiger partial charge >= 0.3 is 6.03 Å². The molecular formula is C15H23N3O2. The fourth-order valence-electron chi connectivity index (χ4n) is 2.45. The number of amides is 2. The molecule has 3 N–H and O–H groups in total. The van der Waals surface area contributed by atoms with Gasteiger partial charge in [0.05, 0.1) is 7.11 Å². The number of carbonyl (C=O) groups excluding carboxylic acids is 1. The number of rotatable bonds is 2. The molecule has 0 spiro atoms. The Kier molecular flexibility index (Phi) is 4.18. The number of carbonyl (C=O) groups is 1. The van der Waals surface area contributed by atoms with E-state index < -0.39 is 0 Å². The zero-order chi connectivity index (χ0) is 14.8. The van der Waals surface area contributed by atoms with Gasteiger partial charge in [0, 0.05) is 30.9 Å². The number of benzene rings is 1. The second-order valence-corrected chi connectivity index (χ2v) is 5.97. The van der Waals surface area contributed by atoms with Crippen molar-refractivity contribution in [3.05, 3.63) is 24.3 Å². The smallest absolute Gasteiger partial charge is 0.321 e. The molecule has 1 aromatic rings. The molecule has 0 saturated carbocycles. The summed E-state index contributed by atoms with van der Waals surface area (Å²) < 4.78 is 5.15. The Bertz CT molecular complexity index is 488. The number of urea groups is 1. The third kappa shape index (κ3) is 3.22. The van der Waals surface area contributed by atoms with Crippen molar-refractivity contribution in [1.29, 1.82) is 0 Å². The second-order valence-electron chi connectivity index (χ2n) is 5.97. The molecule has 1 aliphatic heterocycles. The molecule has 2 rings (SSSR count). The molecule has 0 bridgehead atoms. The number of ether oxygens (including phenoxy) is 1. The third-order valence-electron chi connectivity index (χ3n) is 3.92. The first-order valence-corrected chi connectivity index (χ1v) is 6.88. The van der Waals surface area contributed by atoms with Gasteiger partial charge in [-0.15, -0.1) is 0 Å². The molecule has 0 aliphatic carbocycles. The second kappa shape index (κ2) is 5.71. The highest BCUT2D eigenvalue weighted by molar-refractivity contribution is 5.89. The van der Waals surface area contributed by atoms with Crippen molar-refractivity contribution in [2.75, 3.05) is 25.5 Å². The summed E-state index contributed by atoms with van der Waals surface area (Å²) in [6.07, 6.45) is 0.832. The number of anilines is 1. The molecule has 1 heterocycles. The van der Waals surface area contributed by atoms with Crippen molar-refractivity contribution >= 4 is 11.7 Å². The van der Waals surface area contributed by atoms with E-state index in [4.69, 9.17) is 10.5 Å². The highest BCUT2D eigenvalue weighted by Crippen LogP contribution is 2.28. The van der Waals surface area contributed by atoms with E-state index in [0.717, 1.165) is 17.9 Å². The van der Waals surface area contributed by atoms with Crippen LogP contribution in [-0.4, -0.2) is 37.2 Å². The van der Waals surface area contributed by atoms with Gasteiger partial charge in [0.1, 0.15) is 5.75 Å². The van der Waals surface area contributed by atoms with Crippen molar-refractivity contribution in [3.8, 4) is 5.75 Å². The summed E-state index contributed by atoms with van der Waals surface area (Å²) >= 11 is 0. The summed E-state index contributed by atoms with van der Waals surface area (Å²) in [6, 6.07) is 7.41. The van der Waals surface area contributed by atoms with E-state index in [-0.39, 0.29) is 17.5 Å². The van der Waals surface area contributed by atoms with Crippen LogP contribution in [0, 0.1) is 5.41 Å². The lowest BCUT2D eigenvalue weighted by atomic mass is 9.80. The largest absolute Gasteiger partial charge is 0.497 e. The van der Waals surface area contributed by atoms with Crippen molar-refractivity contribution < 1.29 is 9.53 Å². The van der Waals surface area contributed by atoms with E-state index in [2.05, 4.69) is 19.2 Å². The SMILES string of the molecule is COc1cccc(NC(=O)N2CCC(N)C(C)(C)C2)c1. The monoisotopic (exact) mass is 277 g/mol. The summed E-state index contributed by atoms with van der Waals surface area (Å²) in [7, 11) is 1.61. The lowest BCUT2D eigenvalue weighted by molar-refractivity contribution is 0.118. The van der Waals surface area contributed by atoms with Gasteiger partial charge in [0.15, 0.2) is 0 Å². The Morgan fingerprint density at radius 2 is 2.25 bits per heavy atom. The summed E-state index contributed by atoms with van der Waals surface area (Å²) in [5, 5.41) is 2.91. The van der Waals surface area contributed by atoms with Crippen LogP contribution < -0.4 is 15.8 Å². The van der Waals surface area contributed by atoms with Crippen LogP contribution in [0.25, 0.3) is 0 Å². The van der Waals surface area contributed by atoms with Gasteiger partial charge in [-0.2, -0.15) is 0 Å². The standard InChI is InChI=1S/C15H23N3O2/c1-15(2)10-18(8-7-13(15)16)14(19)17-11-5-4-6-12(9-11)20-3/h4-6,9,13H,7-8,10,16H2,1-3H3,(H,17,19). The van der Waals surface area contributed by atoms with Crippen LogP contribution in [0.2, 0.25) is 0 Å². The minimum atomic E-state index is -0.0850. The number of nitrogens with zero attached hydrogens (tertiary/aromatic N) is 1. The molecule has 20 heavy (non-hydrogen) atoms. The molecule has 1 fully saturated rings. The predicted molar refractivity (Wildman–Crippen MR) is 80.0 cm³/mol. The maximum atomic E-state index is 12.3. The summed E-state index contributed by atoms with van der Waals surface area (Å²) in [6.45, 7) is 5.57. The minimum Gasteiger partial charge on any atom is -0.497 e. The maximum Gasteiger partial charge on any atom is 0.321 e. The van der Waals surface area contributed by atoms with Gasteiger partial charge in [-0.3, -0.25) is 0 Å². The van der Waals surface area contributed by atoms with Gasteiger partial charge in [-0.25, -0.2) is 4.79 Å². The maximum absolute atomic E-state index is 12.3. The lowest BCUT2D eigenvalue weighted by Gasteiger charge is -2.42. The zero-order valence-electron chi connectivity index (χ0n) is 12.3. The Morgan fingerprint density at radius 3 is 2.90 bits per heavy atom. The van der Waals surface area contributed by atoms with Crippen LogP contribution in [0.5, 0.6) is 5.75 Å². The molecule has 1 atom stereocenters. The molecule has 5 heteroatoms. The molecule has 5 nitrogen and oxygen atoms in total. The van der Waals surface area contributed by atoms with E-state index in [1.54, 1.807) is 13.2 Å². The Balaban J connectivity index is 2.01. The van der Waals surface area contributed by atoms with Crippen LogP contribution in [-0.2, 0) is 0 Å². The van der Waals surface area contributed by atoms with Crippen molar-refractivity contribution in [1.82, 2.24) is 4.90 Å². The number of methoxy groups -OCH3 is 1. The number of piperidine rings is 1. The van der Waals surface area contributed by atoms with Gasteiger partial charge in [-0.1, -0.05) is 19.9 Å². The first-order chi connectivity index (χ1) is 9.42. The molecule has 1 saturated heterocycles. The Hall–Kier alpha value is -1.75. The van der Waals surface area contributed by atoms with Gasteiger partial charge in [0.25, 0.3) is 0 Å². The van der Waals surface area contributed by atoms with E-state index in [9.17, 15) is 4.79 Å². The Labute approximate surface area is 120 Å². The summed E-state index contributed by atoms with van der Waals surface area (Å²) in [5.41, 5.74) is 6.78. The van der Waals surface area contributed by atoms with Crippen LogP contribution >= 0.6 is 0 Å². The van der Waals surface area contributed by atoms with Gasteiger partial charge in [-0.05, 0) is 24.0 Å². The van der Waals surface area contributed by atoms with Crippen LogP contribution in [0.3, 0.4) is 0 Å². The van der Waals surface area contributed by atoms with Gasteiger partial charge in [0.2, 0.25) is 0 Å². The fraction of sp³-hybridized carbons (Fsp3) is 0.533. The summed E-state index contributed by atoms with van der Waals surface area (Å²) in [4.78, 5) is 14.1. The van der Waals surface area contributed by atoms with Crippen molar-refractivity contribution in [2.45, 2.75) is 26.3 Å². The van der Waals surface area contributed by atoms with Crippen LogP contribution in [0.4, 0.5) is 10.5 Å². The number of nitrogens with two attached hydrogens (primary N) is 1. The minimum absolute atomic E-state index is 0.0516. The number of likely N-dealkylation sites (tertiary alicyclic amines) is 1. The summed E-state index contributed by atoms with van der Waals surface area (Å²) in [5.74, 6) is 0.726. The highest BCUT2D eigenvalue weighted by atomic mass is 16.5. The van der Waals surface area contributed by atoms with Gasteiger partial charge < -0.3 is 20.7 Å². The molecule has 0 radical (unpaired) electrons. The third-order valence-corrected chi connectivity index (χ3v) is 3.92. The molecule has 0 aromatic heterocycles. The first kappa shape index (κ1) is 14.7. The molecule has 1 aliphatic rings. The average Bonchev–Trinajstić information content (AvgIpc) is 2.42. The zero-order valence-corrected chi connectivity index (χ0v) is 12.3. The number of hydrogen-bond donors (Lipinski definition) is 2. The normalized spacial score (nSPS) is 21.4. The van der Waals surface area contributed by atoms with E-state index in [0.29, 0.717) is 13.1 Å². The molecule has 1 unspecified atom stereocenters. The van der Waals surface area contributed by atoms with E-state index in [1.165, 1.54) is 0 Å². The van der Waals surface area contributed by atoms with E-state index >= 15 is 0 Å².